The molecule has 0 aliphatic heterocycles. The normalized spacial score (nSPS) is 13.9. The number of nitrogens with one attached hydrogen (secondary N) is 1. The smallest absolute Gasteiger partial charge is 0.310 e. The molecule has 5 nitrogen and oxygen atoms in total. The highest BCUT2D eigenvalue weighted by atomic mass is 19.4. The van der Waals surface area contributed by atoms with Gasteiger partial charge in [-0.3, -0.25) is 4.79 Å². The van der Waals surface area contributed by atoms with Gasteiger partial charge in [0.25, 0.3) is 5.56 Å². The lowest BCUT2D eigenvalue weighted by Crippen LogP contribution is -2.14. The predicted molar refractivity (Wildman–Crippen MR) is 83.1 cm³/mol. The van der Waals surface area contributed by atoms with Gasteiger partial charge in [0.1, 0.15) is 11.2 Å². The molecule has 0 bridgehead atoms. The van der Waals surface area contributed by atoms with Crippen LogP contribution in [0.5, 0.6) is 0 Å². The first-order valence-electron chi connectivity index (χ1n) is 7.63. The van der Waals surface area contributed by atoms with E-state index in [-0.39, 0.29) is 17.0 Å². The Morgan fingerprint density at radius 2 is 1.63 bits per heavy atom. The number of rotatable bonds is 2. The monoisotopic (exact) mass is 390 g/mol. The maximum Gasteiger partial charge on any atom is 0.436 e. The average Bonchev–Trinajstić information content (AvgIpc) is 2.93. The van der Waals surface area contributed by atoms with Gasteiger partial charge in [-0.1, -0.05) is 12.1 Å². The molecular weight excluding hydrogens is 378 g/mol. The Morgan fingerprint density at radius 3 is 2.15 bits per heavy atom. The maximum atomic E-state index is 13.3. The largest absolute Gasteiger partial charge is 0.436 e. The number of aromatic nitrogens is 4. The Labute approximate surface area is 147 Å². The van der Waals surface area contributed by atoms with Gasteiger partial charge in [0, 0.05) is 0 Å². The van der Waals surface area contributed by atoms with Crippen molar-refractivity contribution in [3.05, 3.63) is 57.3 Å². The zero-order valence-corrected chi connectivity index (χ0v) is 13.9. The number of aryl methyl sites for hydroxylation is 1. The lowest BCUT2D eigenvalue weighted by atomic mass is 10.1. The molecule has 144 valence electrons. The summed E-state index contributed by atoms with van der Waals surface area (Å²) in [5.41, 5.74) is -3.29. The summed E-state index contributed by atoms with van der Waals surface area (Å²) in [5, 5.41) is 2.78. The lowest BCUT2D eigenvalue weighted by molar-refractivity contribution is -0.140. The number of alkyl halides is 6. The summed E-state index contributed by atoms with van der Waals surface area (Å²) in [6.07, 6.45) is -9.43. The fourth-order valence-electron chi connectivity index (χ4n) is 2.72. The number of aromatic amines is 1. The van der Waals surface area contributed by atoms with E-state index in [0.29, 0.717) is 0 Å². The molecule has 0 radical (unpaired) electrons. The van der Waals surface area contributed by atoms with Gasteiger partial charge in [-0.05, 0) is 31.5 Å². The summed E-state index contributed by atoms with van der Waals surface area (Å²) in [6.45, 7) is 2.85. The molecule has 0 amide bonds. The van der Waals surface area contributed by atoms with Crippen LogP contribution in [-0.4, -0.2) is 19.7 Å². The van der Waals surface area contributed by atoms with Crippen molar-refractivity contribution in [1.82, 2.24) is 19.7 Å². The van der Waals surface area contributed by atoms with Crippen LogP contribution in [0.1, 0.15) is 35.6 Å². The van der Waals surface area contributed by atoms with Crippen molar-refractivity contribution in [3.8, 4) is 0 Å². The van der Waals surface area contributed by atoms with Crippen LogP contribution in [0.15, 0.2) is 29.1 Å². The minimum absolute atomic E-state index is 0.0852. The van der Waals surface area contributed by atoms with E-state index in [4.69, 9.17) is 0 Å². The summed E-state index contributed by atoms with van der Waals surface area (Å²) in [7, 11) is 0. The van der Waals surface area contributed by atoms with E-state index >= 15 is 0 Å². The second-order valence-electron chi connectivity index (χ2n) is 5.94. The summed E-state index contributed by atoms with van der Waals surface area (Å²) < 4.78 is 78.8. The van der Waals surface area contributed by atoms with Gasteiger partial charge in [0.05, 0.1) is 11.6 Å². The van der Waals surface area contributed by atoms with Gasteiger partial charge in [0.15, 0.2) is 11.3 Å². The molecular formula is C16H12F6N4O. The van der Waals surface area contributed by atoms with Crippen LogP contribution in [0.4, 0.5) is 26.3 Å². The molecule has 27 heavy (non-hydrogen) atoms. The number of halogens is 6. The molecule has 0 saturated carbocycles. The Kier molecular flexibility index (Phi) is 4.28. The Hall–Kier alpha value is -2.85. The second kappa shape index (κ2) is 6.10. The molecule has 1 unspecified atom stereocenters. The standard InChI is InChI=1S/C16H12F6N4O/c1-7(9-3-5-10(6-4-9)15(17,18)19)26-13-11(12(25-26)16(20,21)22)14(27)24-8(2)23-13/h3-7H,1-2H3,(H,23,24,27). The summed E-state index contributed by atoms with van der Waals surface area (Å²) in [4.78, 5) is 18.2. The van der Waals surface area contributed by atoms with E-state index in [1.165, 1.54) is 13.8 Å². The van der Waals surface area contributed by atoms with E-state index in [0.717, 1.165) is 28.9 Å². The minimum Gasteiger partial charge on any atom is -0.310 e. The molecule has 2 aromatic heterocycles. The molecule has 3 aromatic rings. The van der Waals surface area contributed by atoms with E-state index in [1.807, 2.05) is 0 Å². The Balaban J connectivity index is 2.18. The van der Waals surface area contributed by atoms with Crippen LogP contribution in [0.25, 0.3) is 11.0 Å². The predicted octanol–water partition coefficient (Wildman–Crippen LogP) is 4.07. The van der Waals surface area contributed by atoms with Gasteiger partial charge in [0.2, 0.25) is 0 Å². The first kappa shape index (κ1) is 18.9. The van der Waals surface area contributed by atoms with Crippen LogP contribution in [0.3, 0.4) is 0 Å². The van der Waals surface area contributed by atoms with E-state index in [2.05, 4.69) is 15.1 Å². The fourth-order valence-corrected chi connectivity index (χ4v) is 2.72. The highest BCUT2D eigenvalue weighted by molar-refractivity contribution is 5.78. The van der Waals surface area contributed by atoms with Gasteiger partial charge in [-0.2, -0.15) is 31.4 Å². The number of benzene rings is 1. The van der Waals surface area contributed by atoms with Gasteiger partial charge in [-0.25, -0.2) is 9.67 Å². The third kappa shape index (κ3) is 3.40. The van der Waals surface area contributed by atoms with Crippen molar-refractivity contribution in [3.63, 3.8) is 0 Å². The van der Waals surface area contributed by atoms with Crippen molar-refractivity contribution in [2.24, 2.45) is 0 Å². The second-order valence-corrected chi connectivity index (χ2v) is 5.94. The van der Waals surface area contributed by atoms with E-state index in [9.17, 15) is 31.1 Å². The number of fused-ring (bicyclic) bond motifs is 1. The highest BCUT2D eigenvalue weighted by Crippen LogP contribution is 2.34. The molecule has 0 aliphatic rings. The SMILES string of the molecule is Cc1nc2c(c(C(F)(F)F)nn2C(C)c2ccc(C(F)(F)F)cc2)c(=O)[nH]1. The van der Waals surface area contributed by atoms with Gasteiger partial charge in [-0.15, -0.1) is 0 Å². The molecule has 0 aliphatic carbocycles. The van der Waals surface area contributed by atoms with Crippen LogP contribution >= 0.6 is 0 Å². The topological polar surface area (TPSA) is 63.6 Å². The van der Waals surface area contributed by atoms with Crippen LogP contribution in [0, 0.1) is 6.92 Å². The van der Waals surface area contributed by atoms with Gasteiger partial charge >= 0.3 is 12.4 Å². The van der Waals surface area contributed by atoms with Crippen molar-refractivity contribution < 1.29 is 26.3 Å². The molecule has 1 aromatic carbocycles. The molecule has 1 atom stereocenters. The van der Waals surface area contributed by atoms with Crippen molar-refractivity contribution in [2.75, 3.05) is 0 Å². The quantitative estimate of drug-likeness (QED) is 0.671. The minimum atomic E-state index is -4.90. The Morgan fingerprint density at radius 1 is 1.04 bits per heavy atom. The molecule has 0 spiro atoms. The third-order valence-electron chi connectivity index (χ3n) is 4.04. The summed E-state index contributed by atoms with van der Waals surface area (Å²) in [6, 6.07) is 3.06. The summed E-state index contributed by atoms with van der Waals surface area (Å²) in [5.74, 6) is 0.0852. The molecule has 1 N–H and O–H groups in total. The third-order valence-corrected chi connectivity index (χ3v) is 4.04. The lowest BCUT2D eigenvalue weighted by Gasteiger charge is -2.15. The zero-order chi connectivity index (χ0) is 20.1. The van der Waals surface area contributed by atoms with Crippen molar-refractivity contribution >= 4 is 11.0 Å². The van der Waals surface area contributed by atoms with E-state index in [1.54, 1.807) is 0 Å². The Bertz CT molecular complexity index is 1050. The molecule has 0 saturated heterocycles. The number of hydrogen-bond donors (Lipinski definition) is 1. The highest BCUT2D eigenvalue weighted by Gasteiger charge is 2.39. The molecule has 2 heterocycles. The molecule has 3 rings (SSSR count). The van der Waals surface area contributed by atoms with Crippen molar-refractivity contribution in [1.29, 1.82) is 0 Å². The summed E-state index contributed by atoms with van der Waals surface area (Å²) >= 11 is 0. The van der Waals surface area contributed by atoms with E-state index < -0.39 is 40.6 Å². The van der Waals surface area contributed by atoms with Crippen LogP contribution < -0.4 is 5.56 Å². The zero-order valence-electron chi connectivity index (χ0n) is 13.9. The first-order chi connectivity index (χ1) is 12.4. The molecule has 11 heteroatoms. The van der Waals surface area contributed by atoms with Gasteiger partial charge < -0.3 is 4.98 Å². The average molecular weight is 390 g/mol. The molecule has 0 fully saturated rings. The van der Waals surface area contributed by atoms with Crippen LogP contribution in [0.2, 0.25) is 0 Å². The number of hydrogen-bond acceptors (Lipinski definition) is 3. The van der Waals surface area contributed by atoms with Crippen molar-refractivity contribution in [2.45, 2.75) is 32.2 Å². The fraction of sp³-hybridized carbons (Fsp3) is 0.312. The van der Waals surface area contributed by atoms with Crippen LogP contribution in [-0.2, 0) is 12.4 Å². The maximum absolute atomic E-state index is 13.3. The number of H-pyrrole nitrogens is 1. The first-order valence-corrected chi connectivity index (χ1v) is 7.63. The number of nitrogens with zero attached hydrogens (tertiary/aromatic N) is 3.